The number of carboxylic acid groups (broad SMARTS) is 1. The van der Waals surface area contributed by atoms with Crippen molar-refractivity contribution in [3.05, 3.63) is 115 Å². The number of phenols is 1. The number of carboxylic acids is 1. The number of hydrogen-bond donors (Lipinski definition) is 5. The molecule has 19 nitrogen and oxygen atoms in total. The largest absolute Gasteiger partial charge is 0.507 e. The van der Waals surface area contributed by atoms with Gasteiger partial charge in [-0.15, -0.1) is 0 Å². The summed E-state index contributed by atoms with van der Waals surface area (Å²) in [6, 6.07) is 1.43. The van der Waals surface area contributed by atoms with E-state index in [1.54, 1.807) is 51.7 Å². The number of aryl methyl sites for hydroxylation is 1. The van der Waals surface area contributed by atoms with E-state index in [0.717, 1.165) is 23.4 Å². The Hall–Kier alpha value is -7.16. The van der Waals surface area contributed by atoms with Crippen molar-refractivity contribution in [3.8, 4) is 11.5 Å². The molecule has 0 spiro atoms. The van der Waals surface area contributed by atoms with Crippen LogP contribution in [0.2, 0.25) is 0 Å². The number of aromatic nitrogens is 1. The van der Waals surface area contributed by atoms with Crippen LogP contribution in [0.4, 0.5) is 10.1 Å². The number of halogens is 1. The molecule has 3 aromatic rings. The summed E-state index contributed by atoms with van der Waals surface area (Å²) in [6.07, 6.45) is 7.69. The number of aliphatic hydroxyl groups is 2. The number of amides is 1. The average molecular weight is 1110 g/mol. The molecule has 80 heavy (non-hydrogen) atoms. The molecule has 5 aliphatic heterocycles. The zero-order valence-corrected chi connectivity index (χ0v) is 46.8. The third kappa shape index (κ3) is 10.1. The molecule has 428 valence electrons. The van der Waals surface area contributed by atoms with Crippen LogP contribution in [0.25, 0.3) is 5.52 Å². The molecule has 5 N–H and O–H groups in total. The number of fused-ring (bicyclic) bond motifs is 15. The Labute approximate surface area is 462 Å². The quantitative estimate of drug-likeness (QED) is 0.152. The molecule has 1 aromatic carbocycles. The number of pyridine rings is 2. The van der Waals surface area contributed by atoms with Crippen LogP contribution in [-0.4, -0.2) is 128 Å². The summed E-state index contributed by atoms with van der Waals surface area (Å²) in [5.74, 6) is -11.4. The predicted octanol–water partition coefficient (Wildman–Crippen LogP) is 6.83. The van der Waals surface area contributed by atoms with E-state index in [1.165, 1.54) is 59.3 Å². The van der Waals surface area contributed by atoms with Crippen LogP contribution in [0.1, 0.15) is 145 Å². The van der Waals surface area contributed by atoms with Gasteiger partial charge in [0.05, 0.1) is 58.7 Å². The molecular formula is C60H71FN4O15. The summed E-state index contributed by atoms with van der Waals surface area (Å²) >= 11 is 0. The zero-order chi connectivity index (χ0) is 58.1. The molecule has 2 aliphatic carbocycles. The number of aromatic carboxylic acids is 1. The molecule has 10 rings (SSSR count). The number of ketones is 3. The second-order valence-electron chi connectivity index (χ2n) is 22.9. The van der Waals surface area contributed by atoms with Crippen LogP contribution in [-0.2, 0) is 23.8 Å². The fraction of sp³-hybridized carbons (Fsp3) is 0.517. The topological polar surface area (TPSA) is 260 Å². The third-order valence-corrected chi connectivity index (χ3v) is 17.7. The number of anilines is 1. The highest BCUT2D eigenvalue weighted by molar-refractivity contribution is 6.32. The number of aromatic hydroxyl groups is 1. The van der Waals surface area contributed by atoms with Crippen LogP contribution < -0.4 is 20.5 Å². The van der Waals surface area contributed by atoms with Gasteiger partial charge in [-0.2, -0.15) is 0 Å². The van der Waals surface area contributed by atoms with E-state index in [-0.39, 0.29) is 59.0 Å². The first-order valence-electron chi connectivity index (χ1n) is 27.5. The maximum atomic E-state index is 16.3. The summed E-state index contributed by atoms with van der Waals surface area (Å²) in [5, 5.41) is 47.5. The summed E-state index contributed by atoms with van der Waals surface area (Å²) in [7, 11) is 1.42. The minimum atomic E-state index is -2.15. The minimum Gasteiger partial charge on any atom is -0.507 e. The fourth-order valence-electron chi connectivity index (χ4n) is 12.8. The molecular weight excluding hydrogens is 1040 g/mol. The predicted molar refractivity (Wildman–Crippen MR) is 290 cm³/mol. The monoisotopic (exact) mass is 1110 g/mol. The number of benzene rings is 1. The van der Waals surface area contributed by atoms with Gasteiger partial charge in [-0.1, -0.05) is 45.9 Å². The number of nitrogens with one attached hydrogen (secondary N) is 1. The number of phenolic OH excluding ortho intramolecular Hbond substituents is 1. The molecule has 0 radical (unpaired) electrons. The number of Topliss-reactive ketones (excluding diaryl/α,β-unsaturated/α-hetero) is 3. The maximum absolute atomic E-state index is 16.3. The number of methoxy groups -OCH3 is 1. The molecule has 3 fully saturated rings. The zero-order valence-electron chi connectivity index (χ0n) is 46.8. The molecule has 20 heteroatoms. The van der Waals surface area contributed by atoms with Crippen LogP contribution in [0.15, 0.2) is 64.6 Å². The van der Waals surface area contributed by atoms with E-state index in [1.807, 2.05) is 4.90 Å². The van der Waals surface area contributed by atoms with E-state index in [4.69, 9.17) is 18.9 Å². The van der Waals surface area contributed by atoms with Gasteiger partial charge < -0.3 is 54.5 Å². The van der Waals surface area contributed by atoms with Gasteiger partial charge in [-0.25, -0.2) is 9.18 Å². The summed E-state index contributed by atoms with van der Waals surface area (Å²) in [6.45, 7) is 15.5. The van der Waals surface area contributed by atoms with Crippen molar-refractivity contribution in [2.24, 2.45) is 35.5 Å². The second kappa shape index (κ2) is 22.1. The Bertz CT molecular complexity index is 3290. The van der Waals surface area contributed by atoms with Crippen molar-refractivity contribution < 1.29 is 72.5 Å². The highest BCUT2D eigenvalue weighted by atomic mass is 19.1. The molecule has 10 atom stereocenters. The lowest BCUT2D eigenvalue weighted by atomic mass is 9.78. The van der Waals surface area contributed by atoms with Crippen LogP contribution in [0.5, 0.6) is 11.5 Å². The van der Waals surface area contributed by atoms with E-state index < -0.39 is 129 Å². The smallest absolute Gasteiger partial charge is 0.341 e. The molecule has 5 bridgehead atoms. The van der Waals surface area contributed by atoms with E-state index in [2.05, 4.69) is 5.32 Å². The lowest BCUT2D eigenvalue weighted by molar-refractivity contribution is -0.160. The lowest BCUT2D eigenvalue weighted by Crippen LogP contribution is -2.46. The second-order valence-corrected chi connectivity index (χ2v) is 22.9. The number of piperidine rings is 1. The molecule has 7 heterocycles. The number of carbonyl (C=O) groups excluding carboxylic acids is 5. The summed E-state index contributed by atoms with van der Waals surface area (Å²) in [4.78, 5) is 101. The molecule has 1 saturated carbocycles. The SMILES string of the molecule is CO[C@H]1C=CO[C@@]2(C)Oc3c(C)c(O)c4c(c3C2=O)C(=O)C(N2CCC(C3CCN(c5c(F)cn6c(=O)c(C(=O)O)cc(C7CC7)c6c5C)C3)CC2)=C(NC(=O)C(C)=CC=C[C@H](C)[C@H](O)[C@@H](C)[C@@H](O)[C@@H](C)[C@H](OC(C)=O)[C@@H]1C)C4=O. The molecule has 1 amide bonds. The van der Waals surface area contributed by atoms with Gasteiger partial charge in [0.15, 0.2) is 5.82 Å². The number of allylic oxidation sites excluding steroid dienone is 4. The van der Waals surface area contributed by atoms with Crippen molar-refractivity contribution in [3.63, 3.8) is 0 Å². The van der Waals surface area contributed by atoms with Crippen LogP contribution in [0, 0.1) is 55.2 Å². The van der Waals surface area contributed by atoms with Gasteiger partial charge in [0.25, 0.3) is 17.2 Å². The number of rotatable bonds is 7. The Morgan fingerprint density at radius 1 is 0.838 bits per heavy atom. The number of esters is 1. The van der Waals surface area contributed by atoms with Gasteiger partial charge >= 0.3 is 17.7 Å². The van der Waals surface area contributed by atoms with Gasteiger partial charge in [0, 0.05) is 81.9 Å². The van der Waals surface area contributed by atoms with Gasteiger partial charge in [0.1, 0.15) is 34.6 Å². The molecule has 1 unspecified atom stereocenters. The Morgan fingerprint density at radius 2 is 1.50 bits per heavy atom. The average Bonchev–Trinajstić information content (AvgIpc) is 4.21. The van der Waals surface area contributed by atoms with Crippen molar-refractivity contribution in [1.82, 2.24) is 14.6 Å². The number of carbonyl (C=O) groups is 6. The number of aliphatic hydroxyl groups excluding tert-OH is 2. The van der Waals surface area contributed by atoms with E-state index in [9.17, 15) is 44.4 Å². The van der Waals surface area contributed by atoms with Gasteiger partial charge in [-0.05, 0) is 93.9 Å². The van der Waals surface area contributed by atoms with Crippen LogP contribution in [0.3, 0.4) is 0 Å². The van der Waals surface area contributed by atoms with Gasteiger partial charge in [-0.3, -0.25) is 33.2 Å². The summed E-state index contributed by atoms with van der Waals surface area (Å²) in [5.41, 5.74) is -0.809. The fourth-order valence-corrected chi connectivity index (χ4v) is 12.8. The van der Waals surface area contributed by atoms with Crippen molar-refractivity contribution >= 4 is 46.4 Å². The molecule has 2 saturated heterocycles. The van der Waals surface area contributed by atoms with E-state index >= 15 is 14.0 Å². The van der Waals surface area contributed by atoms with Crippen LogP contribution >= 0.6 is 0 Å². The number of likely N-dealkylation sites (tertiary alicyclic amines) is 1. The van der Waals surface area contributed by atoms with Crippen molar-refractivity contribution in [2.75, 3.05) is 38.2 Å². The first kappa shape index (κ1) is 57.5. The highest BCUT2D eigenvalue weighted by Gasteiger charge is 2.53. The maximum Gasteiger partial charge on any atom is 0.341 e. The van der Waals surface area contributed by atoms with Crippen molar-refractivity contribution in [2.45, 2.75) is 131 Å². The minimum absolute atomic E-state index is 0.0362. The summed E-state index contributed by atoms with van der Waals surface area (Å²) < 4.78 is 41.2. The van der Waals surface area contributed by atoms with E-state index in [0.29, 0.717) is 54.7 Å². The molecule has 2 aromatic heterocycles. The van der Waals surface area contributed by atoms with Gasteiger partial charge in [0.2, 0.25) is 11.6 Å². The Morgan fingerprint density at radius 3 is 2.14 bits per heavy atom. The number of nitrogens with zero attached hydrogens (tertiary/aromatic N) is 3. The molecule has 7 aliphatic rings. The normalized spacial score (nSPS) is 29.0. The van der Waals surface area contributed by atoms with Crippen molar-refractivity contribution in [1.29, 1.82) is 0 Å². The first-order valence-corrected chi connectivity index (χ1v) is 27.5. The number of hydrogen-bond acceptors (Lipinski definition) is 16. The Balaban J connectivity index is 1.05. The lowest BCUT2D eigenvalue weighted by Gasteiger charge is -2.39. The first-order chi connectivity index (χ1) is 37.8. The number of ether oxygens (including phenoxy) is 4. The third-order valence-electron chi connectivity index (χ3n) is 17.7. The Kier molecular flexibility index (Phi) is 15.9. The highest BCUT2D eigenvalue weighted by Crippen LogP contribution is 2.50. The standard InChI is InChI=1S/C60H71FN4O15/c1-27-12-11-13-28(2)57(73)62-45-48(63-20-16-35(17-21-63)37-18-22-64(25-37)47-30(4)46-38(36-14-15-36)24-39(59(75)76)58(74)65(46)26-40(47)61)53(71)42-43(52(45)70)51(69)33(7)55-44(42)56(72)60(9,80-55)78-23-19-41(77-10)29(3)54(79-34(8)66)32(6)50(68)31(5)49(27)67/h11-13,19,23-24,26-27,29,31-32,35-37,41,49-50,54,67-69H,14-18,20-22,25H2,1-10H3,(H,62,73)(H,75,76)/t27-,29+,31+,32+,37?,41-,49-,50+,54+,60-/m0/s1.